The summed E-state index contributed by atoms with van der Waals surface area (Å²) in [7, 11) is 1.56. The first kappa shape index (κ1) is 16.7. The molecule has 0 radical (unpaired) electrons. The summed E-state index contributed by atoms with van der Waals surface area (Å²) in [4.78, 5) is 33.8. The van der Waals surface area contributed by atoms with Gasteiger partial charge in [-0.1, -0.05) is 19.1 Å². The van der Waals surface area contributed by atoms with Crippen molar-refractivity contribution in [1.82, 2.24) is 10.6 Å². The molecule has 1 atom stereocenters. The predicted molar refractivity (Wildman–Crippen MR) is 78.0 cm³/mol. The number of amides is 2. The molecule has 0 aliphatic rings. The molecular weight excluding hydrogens is 272 g/mol. The van der Waals surface area contributed by atoms with Gasteiger partial charge in [-0.25, -0.2) is 0 Å². The minimum absolute atomic E-state index is 0.118. The Bertz CT molecular complexity index is 528. The third-order valence-electron chi connectivity index (χ3n) is 3.08. The number of hydrogen-bond donors (Lipinski definition) is 3. The van der Waals surface area contributed by atoms with Crippen LogP contribution in [0.3, 0.4) is 0 Å². The summed E-state index contributed by atoms with van der Waals surface area (Å²) < 4.78 is 0. The molecule has 0 saturated carbocycles. The Labute approximate surface area is 123 Å². The smallest absolute Gasteiger partial charge is 0.308 e. The monoisotopic (exact) mass is 292 g/mol. The molecule has 1 rings (SSSR count). The zero-order valence-corrected chi connectivity index (χ0v) is 12.2. The van der Waals surface area contributed by atoms with Crippen LogP contribution < -0.4 is 10.6 Å². The molecule has 0 aliphatic heterocycles. The van der Waals surface area contributed by atoms with Crippen LogP contribution in [0.4, 0.5) is 0 Å². The van der Waals surface area contributed by atoms with E-state index in [1.165, 1.54) is 6.92 Å². The van der Waals surface area contributed by atoms with Crippen LogP contribution in [0.5, 0.6) is 0 Å². The molecule has 21 heavy (non-hydrogen) atoms. The topological polar surface area (TPSA) is 95.5 Å². The molecular formula is C15H20N2O4. The van der Waals surface area contributed by atoms with Crippen molar-refractivity contribution in [2.45, 2.75) is 19.8 Å². The number of aliphatic carboxylic acids is 1. The number of carbonyl (C=O) groups excluding carboxylic acids is 2. The lowest BCUT2D eigenvalue weighted by Crippen LogP contribution is -2.31. The zero-order chi connectivity index (χ0) is 15.8. The third kappa shape index (κ3) is 5.64. The van der Waals surface area contributed by atoms with Gasteiger partial charge in [0, 0.05) is 25.6 Å². The maximum absolute atomic E-state index is 11.6. The van der Waals surface area contributed by atoms with Crippen molar-refractivity contribution in [2.24, 2.45) is 5.92 Å². The fraction of sp³-hybridized carbons (Fsp3) is 0.400. The van der Waals surface area contributed by atoms with Gasteiger partial charge in [-0.15, -0.1) is 0 Å². The summed E-state index contributed by atoms with van der Waals surface area (Å²) in [5.74, 6) is -1.91. The zero-order valence-electron chi connectivity index (χ0n) is 12.2. The van der Waals surface area contributed by atoms with Gasteiger partial charge >= 0.3 is 5.97 Å². The van der Waals surface area contributed by atoms with Crippen LogP contribution in [0.1, 0.15) is 29.3 Å². The van der Waals surface area contributed by atoms with Crippen LogP contribution in [-0.2, 0) is 16.0 Å². The van der Waals surface area contributed by atoms with Crippen molar-refractivity contribution in [1.29, 1.82) is 0 Å². The molecule has 0 aliphatic carbocycles. The number of carboxylic acids is 1. The summed E-state index contributed by atoms with van der Waals surface area (Å²) in [5, 5.41) is 13.8. The lowest BCUT2D eigenvalue weighted by Gasteiger charge is -2.08. The van der Waals surface area contributed by atoms with Gasteiger partial charge in [0.2, 0.25) is 5.91 Å². The maximum Gasteiger partial charge on any atom is 0.308 e. The van der Waals surface area contributed by atoms with Gasteiger partial charge in [0.05, 0.1) is 5.92 Å². The van der Waals surface area contributed by atoms with E-state index >= 15 is 0 Å². The highest BCUT2D eigenvalue weighted by molar-refractivity contribution is 5.94. The van der Waals surface area contributed by atoms with E-state index < -0.39 is 11.9 Å². The van der Waals surface area contributed by atoms with Gasteiger partial charge in [0.25, 0.3) is 5.91 Å². The first-order valence-corrected chi connectivity index (χ1v) is 6.74. The number of aryl methyl sites for hydroxylation is 1. The Morgan fingerprint density at radius 2 is 2.00 bits per heavy atom. The Morgan fingerprint density at radius 1 is 1.29 bits per heavy atom. The molecule has 0 bridgehead atoms. The van der Waals surface area contributed by atoms with E-state index in [1.807, 2.05) is 6.07 Å². The van der Waals surface area contributed by atoms with Crippen molar-refractivity contribution in [3.05, 3.63) is 35.4 Å². The molecule has 1 aromatic rings. The molecule has 1 unspecified atom stereocenters. The Hall–Kier alpha value is -2.37. The average molecular weight is 292 g/mol. The van der Waals surface area contributed by atoms with Crippen LogP contribution in [-0.4, -0.2) is 36.5 Å². The van der Waals surface area contributed by atoms with Crippen molar-refractivity contribution >= 4 is 17.8 Å². The standard InChI is InChI=1S/C15H20N2O4/c1-10(15(20)21)9-17-13(18)7-6-11-4-3-5-12(8-11)14(19)16-2/h3-5,8,10H,6-7,9H2,1-2H3,(H,16,19)(H,17,18)(H,20,21). The van der Waals surface area contributed by atoms with Crippen molar-refractivity contribution in [3.63, 3.8) is 0 Å². The highest BCUT2D eigenvalue weighted by atomic mass is 16.4. The van der Waals surface area contributed by atoms with E-state index in [1.54, 1.807) is 25.2 Å². The van der Waals surface area contributed by atoms with Gasteiger partial charge in [0.1, 0.15) is 0 Å². The third-order valence-corrected chi connectivity index (χ3v) is 3.08. The number of hydrogen-bond acceptors (Lipinski definition) is 3. The largest absolute Gasteiger partial charge is 0.481 e. The summed E-state index contributed by atoms with van der Waals surface area (Å²) >= 11 is 0. The first-order chi connectivity index (χ1) is 9.93. The van der Waals surface area contributed by atoms with E-state index in [4.69, 9.17) is 5.11 Å². The van der Waals surface area contributed by atoms with E-state index in [0.717, 1.165) is 5.56 Å². The number of nitrogens with one attached hydrogen (secondary N) is 2. The minimum atomic E-state index is -0.937. The minimum Gasteiger partial charge on any atom is -0.481 e. The molecule has 0 spiro atoms. The van der Waals surface area contributed by atoms with Crippen LogP contribution in [0.15, 0.2) is 24.3 Å². The van der Waals surface area contributed by atoms with Crippen molar-refractivity contribution in [2.75, 3.05) is 13.6 Å². The molecule has 6 heteroatoms. The van der Waals surface area contributed by atoms with Crippen molar-refractivity contribution < 1.29 is 19.5 Å². The molecule has 0 fully saturated rings. The van der Waals surface area contributed by atoms with E-state index in [9.17, 15) is 14.4 Å². The fourth-order valence-electron chi connectivity index (χ4n) is 1.71. The summed E-state index contributed by atoms with van der Waals surface area (Å²) in [6.07, 6.45) is 0.752. The molecule has 1 aromatic carbocycles. The summed E-state index contributed by atoms with van der Waals surface area (Å²) in [6, 6.07) is 7.06. The van der Waals surface area contributed by atoms with Gasteiger partial charge < -0.3 is 15.7 Å². The lowest BCUT2D eigenvalue weighted by atomic mass is 10.1. The van der Waals surface area contributed by atoms with Crippen LogP contribution in [0, 0.1) is 5.92 Å². The lowest BCUT2D eigenvalue weighted by molar-refractivity contribution is -0.141. The average Bonchev–Trinajstić information content (AvgIpc) is 2.49. The number of carbonyl (C=O) groups is 3. The highest BCUT2D eigenvalue weighted by Gasteiger charge is 2.12. The first-order valence-electron chi connectivity index (χ1n) is 6.74. The van der Waals surface area contributed by atoms with E-state index in [0.29, 0.717) is 12.0 Å². The molecule has 6 nitrogen and oxygen atoms in total. The molecule has 0 aromatic heterocycles. The molecule has 3 N–H and O–H groups in total. The fourth-order valence-corrected chi connectivity index (χ4v) is 1.71. The maximum atomic E-state index is 11.6. The van der Waals surface area contributed by atoms with Crippen LogP contribution in [0.25, 0.3) is 0 Å². The van der Waals surface area contributed by atoms with E-state index in [2.05, 4.69) is 10.6 Å². The summed E-state index contributed by atoms with van der Waals surface area (Å²) in [6.45, 7) is 1.65. The van der Waals surface area contributed by atoms with Gasteiger partial charge in [-0.2, -0.15) is 0 Å². The van der Waals surface area contributed by atoms with Gasteiger partial charge in [0.15, 0.2) is 0 Å². The van der Waals surface area contributed by atoms with E-state index in [-0.39, 0.29) is 24.8 Å². The Morgan fingerprint density at radius 3 is 2.62 bits per heavy atom. The van der Waals surface area contributed by atoms with Crippen LogP contribution >= 0.6 is 0 Å². The number of carboxylic acid groups (broad SMARTS) is 1. The SMILES string of the molecule is CNC(=O)c1cccc(CCC(=O)NCC(C)C(=O)O)c1. The molecule has 0 heterocycles. The predicted octanol–water partition coefficient (Wildman–Crippen LogP) is 0.816. The van der Waals surface area contributed by atoms with Gasteiger partial charge in [-0.05, 0) is 24.1 Å². The second-order valence-corrected chi connectivity index (χ2v) is 4.82. The summed E-state index contributed by atoms with van der Waals surface area (Å²) in [5.41, 5.74) is 1.44. The number of benzene rings is 1. The van der Waals surface area contributed by atoms with Crippen LogP contribution in [0.2, 0.25) is 0 Å². The quantitative estimate of drug-likeness (QED) is 0.693. The van der Waals surface area contributed by atoms with Gasteiger partial charge in [-0.3, -0.25) is 14.4 Å². The molecule has 2 amide bonds. The Kier molecular flexibility index (Phi) is 6.39. The second-order valence-electron chi connectivity index (χ2n) is 4.82. The molecule has 114 valence electrons. The molecule has 0 saturated heterocycles. The van der Waals surface area contributed by atoms with Crippen molar-refractivity contribution in [3.8, 4) is 0 Å². The highest BCUT2D eigenvalue weighted by Crippen LogP contribution is 2.08. The normalized spacial score (nSPS) is 11.5. The second kappa shape index (κ2) is 8.04. The Balaban J connectivity index is 2.46. The number of rotatable bonds is 7.